The van der Waals surface area contributed by atoms with Crippen LogP contribution in [-0.4, -0.2) is 64.8 Å². The fourth-order valence-electron chi connectivity index (χ4n) is 4.90. The molecule has 1 saturated heterocycles. The minimum atomic E-state index is -0.148. The maximum atomic E-state index is 13.8. The fraction of sp³-hybridized carbons (Fsp3) is 0.519. The van der Waals surface area contributed by atoms with E-state index < -0.39 is 0 Å². The molecular formula is C27H37N5O3. The van der Waals surface area contributed by atoms with E-state index in [0.29, 0.717) is 6.54 Å². The third kappa shape index (κ3) is 5.59. The van der Waals surface area contributed by atoms with E-state index in [2.05, 4.69) is 41.7 Å². The topological polar surface area (TPSA) is 74.8 Å². The van der Waals surface area contributed by atoms with Crippen molar-refractivity contribution in [1.82, 2.24) is 19.6 Å². The molecule has 35 heavy (non-hydrogen) atoms. The first-order chi connectivity index (χ1) is 16.9. The zero-order valence-electron chi connectivity index (χ0n) is 21.3. The second-order valence-corrected chi connectivity index (χ2v) is 9.36. The largest absolute Gasteiger partial charge is 0.459 e. The van der Waals surface area contributed by atoms with Gasteiger partial charge < -0.3 is 19.1 Å². The molecule has 0 radical (unpaired) electrons. The van der Waals surface area contributed by atoms with Crippen molar-refractivity contribution in [2.45, 2.75) is 39.7 Å². The number of likely N-dealkylation sites (N-methyl/N-ethyl adjacent to an activating group) is 1. The molecule has 8 heteroatoms. The van der Waals surface area contributed by atoms with Crippen LogP contribution in [0.4, 0.5) is 5.69 Å². The molecule has 0 N–H and O–H groups in total. The van der Waals surface area contributed by atoms with Gasteiger partial charge in [-0.1, -0.05) is 32.0 Å². The number of anilines is 1. The fourth-order valence-corrected chi connectivity index (χ4v) is 4.90. The second-order valence-electron chi connectivity index (χ2n) is 9.36. The van der Waals surface area contributed by atoms with Crippen LogP contribution in [0.1, 0.15) is 45.4 Å². The second kappa shape index (κ2) is 11.1. The number of rotatable bonds is 9. The van der Waals surface area contributed by atoms with Crippen molar-refractivity contribution in [3.8, 4) is 0 Å². The van der Waals surface area contributed by atoms with Gasteiger partial charge in [0.1, 0.15) is 11.3 Å². The van der Waals surface area contributed by atoms with Gasteiger partial charge in [0.05, 0.1) is 17.9 Å². The van der Waals surface area contributed by atoms with Crippen LogP contribution in [0.15, 0.2) is 51.8 Å². The Kier molecular flexibility index (Phi) is 7.90. The van der Waals surface area contributed by atoms with Crippen LogP contribution in [0, 0.1) is 5.92 Å². The summed E-state index contributed by atoms with van der Waals surface area (Å²) in [6, 6.07) is 11.5. The molecule has 1 aliphatic heterocycles. The zero-order valence-corrected chi connectivity index (χ0v) is 21.3. The van der Waals surface area contributed by atoms with Gasteiger partial charge in [0.15, 0.2) is 0 Å². The Morgan fingerprint density at radius 2 is 1.86 bits per heavy atom. The van der Waals surface area contributed by atoms with E-state index in [-0.39, 0.29) is 23.4 Å². The number of hydrogen-bond acceptors (Lipinski definition) is 6. The number of hydrogen-bond donors (Lipinski definition) is 0. The van der Waals surface area contributed by atoms with Crippen LogP contribution >= 0.6 is 0 Å². The number of carbonyl (C=O) groups excluding carboxylic acids is 1. The summed E-state index contributed by atoms with van der Waals surface area (Å²) in [5.41, 5.74) is 1.55. The van der Waals surface area contributed by atoms with Gasteiger partial charge in [-0.15, -0.1) is 0 Å². The lowest BCUT2D eigenvalue weighted by Crippen LogP contribution is -2.46. The van der Waals surface area contributed by atoms with Gasteiger partial charge in [-0.3, -0.25) is 9.59 Å². The minimum absolute atomic E-state index is 0.0470. The number of carbonyl (C=O) groups is 1. The van der Waals surface area contributed by atoms with Crippen molar-refractivity contribution in [3.63, 3.8) is 0 Å². The van der Waals surface area contributed by atoms with Gasteiger partial charge in [0, 0.05) is 50.6 Å². The van der Waals surface area contributed by atoms with Crippen molar-refractivity contribution in [1.29, 1.82) is 0 Å². The van der Waals surface area contributed by atoms with Crippen molar-refractivity contribution >= 4 is 22.6 Å². The average Bonchev–Trinajstić information content (AvgIpc) is 3.32. The van der Waals surface area contributed by atoms with Crippen LogP contribution in [-0.2, 0) is 11.8 Å². The molecule has 1 atom stereocenters. The first-order valence-electron chi connectivity index (χ1n) is 12.7. The molecule has 1 unspecified atom stereocenters. The maximum absolute atomic E-state index is 13.8. The van der Waals surface area contributed by atoms with E-state index >= 15 is 0 Å². The summed E-state index contributed by atoms with van der Waals surface area (Å²) in [6.07, 6.45) is 3.23. The highest BCUT2D eigenvalue weighted by molar-refractivity contribution is 5.81. The Balaban J connectivity index is 1.49. The Morgan fingerprint density at radius 1 is 1.14 bits per heavy atom. The number of furan rings is 1. The maximum Gasteiger partial charge on any atom is 0.268 e. The molecule has 188 valence electrons. The zero-order chi connectivity index (χ0) is 24.9. The summed E-state index contributed by atoms with van der Waals surface area (Å²) in [5, 5.41) is 5.20. The van der Waals surface area contributed by atoms with E-state index in [0.717, 1.165) is 68.0 Å². The third-order valence-electron chi connectivity index (χ3n) is 7.32. The smallest absolute Gasteiger partial charge is 0.268 e. The summed E-state index contributed by atoms with van der Waals surface area (Å²) in [4.78, 5) is 32.3. The standard InChI is InChI=1S/C27H37N5O3/c1-5-30(6-2)15-16-32(20(3)25-17-22-9-7-8-10-24(22)35-25)27(34)21-11-13-31(14-12-21)23-18-26(33)29(4)28-19-23/h7-10,17-21H,5-6,11-16H2,1-4H3. The van der Waals surface area contributed by atoms with Gasteiger partial charge in [-0.05, 0) is 45.0 Å². The van der Waals surface area contributed by atoms with Crippen LogP contribution in [0.3, 0.4) is 0 Å². The molecule has 1 aliphatic rings. The highest BCUT2D eigenvalue weighted by Crippen LogP contribution is 2.31. The Hall–Kier alpha value is -3.13. The molecule has 1 amide bonds. The van der Waals surface area contributed by atoms with E-state index in [4.69, 9.17) is 4.42 Å². The number of nitrogens with zero attached hydrogens (tertiary/aromatic N) is 5. The Bertz CT molecular complexity index is 1160. The van der Waals surface area contributed by atoms with Crippen molar-refractivity contribution < 1.29 is 9.21 Å². The lowest BCUT2D eigenvalue weighted by molar-refractivity contribution is -0.139. The molecule has 1 fully saturated rings. The number of piperidine rings is 1. The molecule has 2 aromatic heterocycles. The number of fused-ring (bicyclic) bond motifs is 1. The average molecular weight is 480 g/mol. The van der Waals surface area contributed by atoms with E-state index in [1.54, 1.807) is 19.3 Å². The van der Waals surface area contributed by atoms with Gasteiger partial charge in [0.2, 0.25) is 5.91 Å². The predicted octanol–water partition coefficient (Wildman–Crippen LogP) is 3.67. The van der Waals surface area contributed by atoms with E-state index in [1.165, 1.54) is 4.68 Å². The summed E-state index contributed by atoms with van der Waals surface area (Å²) in [6.45, 7) is 11.3. The predicted molar refractivity (Wildman–Crippen MR) is 139 cm³/mol. The SMILES string of the molecule is CCN(CC)CCN(C(=O)C1CCN(c2cnn(C)c(=O)c2)CC1)C(C)c1cc2ccccc2o1. The summed E-state index contributed by atoms with van der Waals surface area (Å²) in [7, 11) is 1.65. The highest BCUT2D eigenvalue weighted by Gasteiger charge is 2.32. The molecule has 4 rings (SSSR count). The quantitative estimate of drug-likeness (QED) is 0.466. The van der Waals surface area contributed by atoms with Crippen molar-refractivity contribution in [2.24, 2.45) is 13.0 Å². The van der Waals surface area contributed by atoms with Gasteiger partial charge in [-0.25, -0.2) is 4.68 Å². The van der Waals surface area contributed by atoms with E-state index in [1.807, 2.05) is 29.2 Å². The molecule has 3 aromatic rings. The minimum Gasteiger partial charge on any atom is -0.459 e. The van der Waals surface area contributed by atoms with Crippen LogP contribution in [0.5, 0.6) is 0 Å². The lowest BCUT2D eigenvalue weighted by atomic mass is 9.94. The van der Waals surface area contributed by atoms with Gasteiger partial charge >= 0.3 is 0 Å². The first kappa shape index (κ1) is 25.0. The summed E-state index contributed by atoms with van der Waals surface area (Å²) in [5.74, 6) is 0.962. The molecule has 0 aliphatic carbocycles. The monoisotopic (exact) mass is 479 g/mol. The molecule has 0 saturated carbocycles. The Morgan fingerprint density at radius 3 is 2.51 bits per heavy atom. The van der Waals surface area contributed by atoms with Crippen LogP contribution in [0.2, 0.25) is 0 Å². The van der Waals surface area contributed by atoms with Gasteiger partial charge in [-0.2, -0.15) is 5.10 Å². The molecular weight excluding hydrogens is 442 g/mol. The third-order valence-corrected chi connectivity index (χ3v) is 7.32. The summed E-state index contributed by atoms with van der Waals surface area (Å²) >= 11 is 0. The van der Waals surface area contributed by atoms with Crippen LogP contribution in [0.25, 0.3) is 11.0 Å². The lowest BCUT2D eigenvalue weighted by Gasteiger charge is -2.37. The molecule has 1 aromatic carbocycles. The number of benzene rings is 1. The first-order valence-corrected chi connectivity index (χ1v) is 12.7. The normalized spacial score (nSPS) is 15.6. The molecule has 3 heterocycles. The number of aryl methyl sites for hydroxylation is 1. The van der Waals surface area contributed by atoms with Gasteiger partial charge in [0.25, 0.3) is 5.56 Å². The number of amides is 1. The Labute approximate surface area is 207 Å². The number of para-hydroxylation sites is 1. The summed E-state index contributed by atoms with van der Waals surface area (Å²) < 4.78 is 7.48. The van der Waals surface area contributed by atoms with Crippen molar-refractivity contribution in [2.75, 3.05) is 44.2 Å². The van der Waals surface area contributed by atoms with Crippen molar-refractivity contribution in [3.05, 3.63) is 58.7 Å². The molecule has 8 nitrogen and oxygen atoms in total. The van der Waals surface area contributed by atoms with E-state index in [9.17, 15) is 9.59 Å². The van der Waals surface area contributed by atoms with Crippen LogP contribution < -0.4 is 10.5 Å². The number of aromatic nitrogens is 2. The molecule has 0 spiro atoms. The highest BCUT2D eigenvalue weighted by atomic mass is 16.3. The molecule has 0 bridgehead atoms.